The topological polar surface area (TPSA) is 61.4 Å². The van der Waals surface area contributed by atoms with E-state index in [4.69, 9.17) is 0 Å². The molecule has 1 aromatic carbocycles. The number of hydrogen-bond acceptors (Lipinski definition) is 3. The van der Waals surface area contributed by atoms with Gasteiger partial charge in [0.15, 0.2) is 0 Å². The van der Waals surface area contributed by atoms with Crippen LogP contribution in [0.3, 0.4) is 0 Å². The molecule has 1 fully saturated rings. The molecule has 2 N–H and O–H groups in total. The summed E-state index contributed by atoms with van der Waals surface area (Å²) >= 11 is 0. The fraction of sp³-hybridized carbons (Fsp3) is 0.529. The highest BCUT2D eigenvalue weighted by Gasteiger charge is 2.26. The molecule has 1 aliphatic rings. The van der Waals surface area contributed by atoms with E-state index in [1.807, 2.05) is 30.0 Å². The third-order valence-electron chi connectivity index (χ3n) is 4.28. The van der Waals surface area contributed by atoms with Crippen LogP contribution in [0, 0.1) is 0 Å². The molecule has 0 radical (unpaired) electrons. The van der Waals surface area contributed by atoms with E-state index in [1.165, 1.54) is 5.56 Å². The largest absolute Gasteiger partial charge is 0.354 e. The van der Waals surface area contributed by atoms with Gasteiger partial charge in [-0.15, -0.1) is 0 Å². The number of carbonyl (C=O) groups is 2. The Morgan fingerprint density at radius 1 is 1.36 bits per heavy atom. The van der Waals surface area contributed by atoms with Crippen molar-refractivity contribution < 1.29 is 9.59 Å². The number of carbonyl (C=O) groups excluding carboxylic acids is 2. The van der Waals surface area contributed by atoms with Crippen molar-refractivity contribution in [2.24, 2.45) is 0 Å². The van der Waals surface area contributed by atoms with Crippen LogP contribution in [-0.2, 0) is 9.59 Å². The monoisotopic (exact) mass is 303 g/mol. The first-order valence-corrected chi connectivity index (χ1v) is 7.95. The van der Waals surface area contributed by atoms with Crippen LogP contribution in [-0.4, -0.2) is 48.9 Å². The number of hydrogen-bond donors (Lipinski definition) is 2. The lowest BCUT2D eigenvalue weighted by Crippen LogP contribution is -2.55. The number of nitrogens with one attached hydrogen (secondary N) is 2. The summed E-state index contributed by atoms with van der Waals surface area (Å²) in [5.74, 6) is 0.299. The molecule has 1 heterocycles. The molecular weight excluding hydrogens is 278 g/mol. The summed E-state index contributed by atoms with van der Waals surface area (Å²) in [6.07, 6.45) is 0.977. The van der Waals surface area contributed by atoms with Crippen molar-refractivity contribution in [3.63, 3.8) is 0 Å². The lowest BCUT2D eigenvalue weighted by Gasteiger charge is -2.31. The third-order valence-corrected chi connectivity index (χ3v) is 4.28. The highest BCUT2D eigenvalue weighted by Crippen LogP contribution is 2.18. The van der Waals surface area contributed by atoms with Gasteiger partial charge in [-0.2, -0.15) is 0 Å². The van der Waals surface area contributed by atoms with Gasteiger partial charge in [-0.05, 0) is 18.9 Å². The molecule has 0 aromatic heterocycles. The molecule has 0 saturated carbocycles. The van der Waals surface area contributed by atoms with Gasteiger partial charge < -0.3 is 10.6 Å². The average Bonchev–Trinajstić information content (AvgIpc) is 2.55. The van der Waals surface area contributed by atoms with Gasteiger partial charge in [0, 0.05) is 25.6 Å². The Labute approximate surface area is 132 Å². The normalized spacial score (nSPS) is 18.4. The molecular formula is C17H25N3O2. The molecule has 5 nitrogen and oxygen atoms in total. The van der Waals surface area contributed by atoms with E-state index >= 15 is 0 Å². The zero-order valence-electron chi connectivity index (χ0n) is 13.3. The number of benzene rings is 1. The van der Waals surface area contributed by atoms with Gasteiger partial charge in [0.2, 0.25) is 11.8 Å². The molecule has 2 rings (SSSR count). The maximum atomic E-state index is 12.3. The Morgan fingerprint density at radius 2 is 2.09 bits per heavy atom. The Bertz CT molecular complexity index is 504. The Balaban J connectivity index is 1.87. The molecule has 0 spiro atoms. The zero-order valence-corrected chi connectivity index (χ0v) is 13.3. The lowest BCUT2D eigenvalue weighted by molar-refractivity contribution is -0.130. The number of piperazine rings is 1. The van der Waals surface area contributed by atoms with Gasteiger partial charge in [-0.3, -0.25) is 14.5 Å². The minimum atomic E-state index is -0.278. The second kappa shape index (κ2) is 7.94. The summed E-state index contributed by atoms with van der Waals surface area (Å²) in [5.41, 5.74) is 1.25. The smallest absolute Gasteiger partial charge is 0.237 e. The zero-order chi connectivity index (χ0) is 15.9. The predicted molar refractivity (Wildman–Crippen MR) is 86.5 cm³/mol. The SMILES string of the molecule is CC[C@H](CNC(=O)[C@H](C)N1CCNC(=O)C1)c1ccccc1. The summed E-state index contributed by atoms with van der Waals surface area (Å²) in [6, 6.07) is 9.96. The van der Waals surface area contributed by atoms with Gasteiger partial charge in [0.25, 0.3) is 0 Å². The van der Waals surface area contributed by atoms with Crippen molar-refractivity contribution in [1.29, 1.82) is 0 Å². The minimum absolute atomic E-state index is 0.0101. The molecule has 1 aliphatic heterocycles. The first-order chi connectivity index (χ1) is 10.6. The maximum Gasteiger partial charge on any atom is 0.237 e. The molecule has 5 heteroatoms. The van der Waals surface area contributed by atoms with Crippen molar-refractivity contribution in [1.82, 2.24) is 15.5 Å². The summed E-state index contributed by atoms with van der Waals surface area (Å²) < 4.78 is 0. The van der Waals surface area contributed by atoms with Gasteiger partial charge in [-0.25, -0.2) is 0 Å². The molecule has 0 aliphatic carbocycles. The van der Waals surface area contributed by atoms with Crippen molar-refractivity contribution in [3.05, 3.63) is 35.9 Å². The number of nitrogens with zero attached hydrogens (tertiary/aromatic N) is 1. The summed E-state index contributed by atoms with van der Waals surface area (Å²) in [5, 5.41) is 5.81. The molecule has 0 bridgehead atoms. The molecule has 2 amide bonds. The highest BCUT2D eigenvalue weighted by atomic mass is 16.2. The Kier molecular flexibility index (Phi) is 5.95. The van der Waals surface area contributed by atoms with E-state index < -0.39 is 0 Å². The fourth-order valence-electron chi connectivity index (χ4n) is 2.75. The lowest BCUT2D eigenvalue weighted by atomic mass is 9.96. The van der Waals surface area contributed by atoms with E-state index in [1.54, 1.807) is 0 Å². The Hall–Kier alpha value is -1.88. The van der Waals surface area contributed by atoms with Crippen molar-refractivity contribution in [3.8, 4) is 0 Å². The van der Waals surface area contributed by atoms with Crippen LogP contribution in [0.5, 0.6) is 0 Å². The summed E-state index contributed by atoms with van der Waals surface area (Å²) in [4.78, 5) is 25.6. The van der Waals surface area contributed by atoms with Crippen LogP contribution in [0.4, 0.5) is 0 Å². The standard InChI is InChI=1S/C17H25N3O2/c1-3-14(15-7-5-4-6-8-15)11-19-17(22)13(2)20-10-9-18-16(21)12-20/h4-8,13-14H,3,9-12H2,1-2H3,(H,18,21)(H,19,22)/t13-,14+/m0/s1. The van der Waals surface area contributed by atoms with Gasteiger partial charge >= 0.3 is 0 Å². The number of rotatable bonds is 6. The van der Waals surface area contributed by atoms with Crippen LogP contribution in [0.1, 0.15) is 31.7 Å². The molecule has 1 saturated heterocycles. The quantitative estimate of drug-likeness (QED) is 0.828. The first-order valence-electron chi connectivity index (χ1n) is 7.95. The van der Waals surface area contributed by atoms with E-state index in [0.29, 0.717) is 25.6 Å². The highest BCUT2D eigenvalue weighted by molar-refractivity contribution is 5.83. The van der Waals surface area contributed by atoms with Crippen LogP contribution in [0.25, 0.3) is 0 Å². The summed E-state index contributed by atoms with van der Waals surface area (Å²) in [6.45, 7) is 6.24. The van der Waals surface area contributed by atoms with Crippen LogP contribution in [0.15, 0.2) is 30.3 Å². The van der Waals surface area contributed by atoms with Crippen LogP contribution >= 0.6 is 0 Å². The van der Waals surface area contributed by atoms with E-state index in [-0.39, 0.29) is 17.9 Å². The van der Waals surface area contributed by atoms with Gasteiger partial charge in [0.1, 0.15) is 0 Å². The van der Waals surface area contributed by atoms with Crippen LogP contribution in [0.2, 0.25) is 0 Å². The molecule has 1 aromatic rings. The second-order valence-electron chi connectivity index (χ2n) is 5.76. The third kappa shape index (κ3) is 4.31. The van der Waals surface area contributed by atoms with E-state index in [2.05, 4.69) is 29.7 Å². The van der Waals surface area contributed by atoms with E-state index in [9.17, 15) is 9.59 Å². The van der Waals surface area contributed by atoms with Crippen molar-refractivity contribution >= 4 is 11.8 Å². The first kappa shape index (κ1) is 16.5. The van der Waals surface area contributed by atoms with Crippen LogP contribution < -0.4 is 10.6 Å². The van der Waals surface area contributed by atoms with Crippen molar-refractivity contribution in [2.75, 3.05) is 26.2 Å². The predicted octanol–water partition coefficient (Wildman–Crippen LogP) is 1.12. The van der Waals surface area contributed by atoms with E-state index in [0.717, 1.165) is 13.0 Å². The minimum Gasteiger partial charge on any atom is -0.354 e. The van der Waals surface area contributed by atoms with Crippen molar-refractivity contribution in [2.45, 2.75) is 32.2 Å². The van der Waals surface area contributed by atoms with Gasteiger partial charge in [-0.1, -0.05) is 37.3 Å². The molecule has 120 valence electrons. The summed E-state index contributed by atoms with van der Waals surface area (Å²) in [7, 11) is 0. The maximum absolute atomic E-state index is 12.3. The fourth-order valence-corrected chi connectivity index (χ4v) is 2.75. The Morgan fingerprint density at radius 3 is 2.73 bits per heavy atom. The molecule has 0 unspecified atom stereocenters. The molecule has 2 atom stereocenters. The number of amides is 2. The molecule has 22 heavy (non-hydrogen) atoms. The average molecular weight is 303 g/mol. The van der Waals surface area contributed by atoms with Gasteiger partial charge in [0.05, 0.1) is 12.6 Å². The second-order valence-corrected chi connectivity index (χ2v) is 5.76.